The summed E-state index contributed by atoms with van der Waals surface area (Å²) >= 11 is 1.37. The largest absolute Gasteiger partial charge is 0.462 e. The summed E-state index contributed by atoms with van der Waals surface area (Å²) < 4.78 is 37.4. The maximum atomic E-state index is 12.3. The van der Waals surface area contributed by atoms with Crippen LogP contribution in [0.3, 0.4) is 0 Å². The number of thiazole rings is 1. The third-order valence-electron chi connectivity index (χ3n) is 3.66. The van der Waals surface area contributed by atoms with Crippen molar-refractivity contribution in [3.8, 4) is 10.8 Å². The Morgan fingerprint density at radius 2 is 2.04 bits per heavy atom. The number of benzene rings is 1. The van der Waals surface area contributed by atoms with Crippen LogP contribution in [0.4, 0.5) is 0 Å². The smallest absolute Gasteiger partial charge is 0.324 e. The molecular weight excluding hydrogens is 388 g/mol. The molecule has 0 spiro atoms. The number of esters is 1. The van der Waals surface area contributed by atoms with E-state index in [0.29, 0.717) is 16.5 Å². The van der Waals surface area contributed by atoms with Crippen molar-refractivity contribution in [2.75, 3.05) is 0 Å². The number of rotatable bonds is 7. The molecule has 0 fully saturated rings. The molecule has 0 bridgehead atoms. The van der Waals surface area contributed by atoms with E-state index < -0.39 is 22.0 Å². The Morgan fingerprint density at radius 1 is 1.30 bits per heavy atom. The minimum absolute atomic E-state index is 0.0490. The van der Waals surface area contributed by atoms with Crippen LogP contribution in [0.25, 0.3) is 10.8 Å². The summed E-state index contributed by atoms with van der Waals surface area (Å²) in [7, 11) is -3.81. The van der Waals surface area contributed by atoms with Gasteiger partial charge in [0.2, 0.25) is 10.0 Å². The van der Waals surface area contributed by atoms with Gasteiger partial charge in [-0.3, -0.25) is 4.79 Å². The summed E-state index contributed by atoms with van der Waals surface area (Å²) in [5.74, 6) is -0.0463. The van der Waals surface area contributed by atoms with Gasteiger partial charge in [-0.2, -0.15) is 4.72 Å². The first-order chi connectivity index (χ1) is 12.8. The number of furan rings is 1. The first-order valence-corrected chi connectivity index (χ1v) is 10.5. The topological polar surface area (TPSA) is 98.5 Å². The summed E-state index contributed by atoms with van der Waals surface area (Å²) in [5.41, 5.74) is 1.51. The van der Waals surface area contributed by atoms with Gasteiger partial charge >= 0.3 is 5.97 Å². The molecule has 0 unspecified atom stereocenters. The van der Waals surface area contributed by atoms with Crippen molar-refractivity contribution in [1.29, 1.82) is 0 Å². The van der Waals surface area contributed by atoms with Gasteiger partial charge in [0.1, 0.15) is 12.6 Å². The third kappa shape index (κ3) is 4.82. The number of carbonyl (C=O) groups is 1. The maximum absolute atomic E-state index is 12.3. The Kier molecular flexibility index (Phi) is 5.73. The minimum Gasteiger partial charge on any atom is -0.462 e. The van der Waals surface area contributed by atoms with Gasteiger partial charge in [-0.1, -0.05) is 17.7 Å². The zero-order chi connectivity index (χ0) is 19.4. The molecular formula is C18H18N2O5S2. The fourth-order valence-corrected chi connectivity index (χ4v) is 4.19. The first-order valence-electron chi connectivity index (χ1n) is 8.09. The van der Waals surface area contributed by atoms with Crippen molar-refractivity contribution >= 4 is 27.3 Å². The van der Waals surface area contributed by atoms with Crippen molar-refractivity contribution < 1.29 is 22.4 Å². The number of hydrogen-bond acceptors (Lipinski definition) is 7. The lowest BCUT2D eigenvalue weighted by atomic mass is 10.2. The second kappa shape index (κ2) is 8.03. The van der Waals surface area contributed by atoms with E-state index in [0.717, 1.165) is 5.56 Å². The highest BCUT2D eigenvalue weighted by atomic mass is 32.2. The molecule has 7 nitrogen and oxygen atoms in total. The van der Waals surface area contributed by atoms with E-state index in [9.17, 15) is 13.2 Å². The number of hydrogen-bond donors (Lipinski definition) is 1. The first kappa shape index (κ1) is 19.3. The number of aromatic nitrogens is 1. The number of sulfonamides is 1. The Labute approximate surface area is 161 Å². The van der Waals surface area contributed by atoms with Crippen molar-refractivity contribution in [2.45, 2.75) is 31.4 Å². The molecule has 142 valence electrons. The molecule has 1 atom stereocenters. The number of ether oxygens (including phenoxy) is 1. The highest BCUT2D eigenvalue weighted by Crippen LogP contribution is 2.24. The van der Waals surface area contributed by atoms with Crippen molar-refractivity contribution in [3.05, 3.63) is 59.3 Å². The molecule has 2 aromatic heterocycles. The minimum atomic E-state index is -3.81. The normalized spacial score (nSPS) is 12.7. The van der Waals surface area contributed by atoms with Crippen LogP contribution in [-0.2, 0) is 26.2 Å². The number of nitrogens with one attached hydrogen (secondary N) is 1. The molecule has 3 rings (SSSR count). The Bertz CT molecular complexity index is 1010. The summed E-state index contributed by atoms with van der Waals surface area (Å²) in [5, 5.41) is 2.44. The van der Waals surface area contributed by atoms with E-state index in [4.69, 9.17) is 9.15 Å². The maximum Gasteiger partial charge on any atom is 0.324 e. The summed E-state index contributed by atoms with van der Waals surface area (Å²) in [6.45, 7) is 3.25. The van der Waals surface area contributed by atoms with Crippen LogP contribution in [0, 0.1) is 6.92 Å². The summed E-state index contributed by atoms with van der Waals surface area (Å²) in [4.78, 5) is 16.5. The average molecular weight is 406 g/mol. The molecule has 0 radical (unpaired) electrons. The highest BCUT2D eigenvalue weighted by molar-refractivity contribution is 7.89. The van der Waals surface area contributed by atoms with Gasteiger partial charge in [0.15, 0.2) is 10.8 Å². The molecule has 1 aromatic carbocycles. The van der Waals surface area contributed by atoms with E-state index in [-0.39, 0.29) is 11.5 Å². The number of nitrogens with zero attached hydrogens (tertiary/aromatic N) is 1. The Balaban J connectivity index is 1.57. The van der Waals surface area contributed by atoms with E-state index in [1.165, 1.54) is 30.4 Å². The quantitative estimate of drug-likeness (QED) is 0.605. The lowest BCUT2D eigenvalue weighted by molar-refractivity contribution is -0.146. The lowest BCUT2D eigenvalue weighted by Crippen LogP contribution is -2.39. The summed E-state index contributed by atoms with van der Waals surface area (Å²) in [6, 6.07) is 8.88. The second-order valence-electron chi connectivity index (χ2n) is 5.89. The molecule has 0 aliphatic heterocycles. The molecule has 0 aliphatic carbocycles. The van der Waals surface area contributed by atoms with Crippen LogP contribution in [0.5, 0.6) is 0 Å². The van der Waals surface area contributed by atoms with Crippen molar-refractivity contribution in [2.24, 2.45) is 0 Å². The fourth-order valence-electron chi connectivity index (χ4n) is 2.22. The molecule has 2 heterocycles. The van der Waals surface area contributed by atoms with E-state index >= 15 is 0 Å². The lowest BCUT2D eigenvalue weighted by Gasteiger charge is -2.13. The van der Waals surface area contributed by atoms with Crippen LogP contribution in [0.2, 0.25) is 0 Å². The van der Waals surface area contributed by atoms with Crippen LogP contribution in [0.1, 0.15) is 18.2 Å². The summed E-state index contributed by atoms with van der Waals surface area (Å²) in [6.07, 6.45) is 1.55. The SMILES string of the molecule is Cc1ccc(S(=O)(=O)N[C@H](C)C(=O)OCc2csc(-c3ccco3)n2)cc1. The standard InChI is InChI=1S/C18H18N2O5S2/c1-12-5-7-15(8-6-12)27(22,23)20-13(2)18(21)25-10-14-11-26-17(19-14)16-4-3-9-24-16/h3-9,11,13,20H,10H2,1-2H3/t13-/m1/s1. The Morgan fingerprint density at radius 3 is 2.70 bits per heavy atom. The van der Waals surface area contributed by atoms with Gasteiger partial charge < -0.3 is 9.15 Å². The molecule has 0 saturated carbocycles. The molecule has 1 N–H and O–H groups in total. The van der Waals surface area contributed by atoms with E-state index in [1.807, 2.05) is 6.92 Å². The third-order valence-corrected chi connectivity index (χ3v) is 6.13. The zero-order valence-corrected chi connectivity index (χ0v) is 16.3. The van der Waals surface area contributed by atoms with Crippen LogP contribution in [-0.4, -0.2) is 25.4 Å². The van der Waals surface area contributed by atoms with Crippen LogP contribution in [0.15, 0.2) is 57.4 Å². The molecule has 27 heavy (non-hydrogen) atoms. The Hall–Kier alpha value is -2.49. The molecule has 0 aliphatic rings. The van der Waals surface area contributed by atoms with Crippen LogP contribution < -0.4 is 4.72 Å². The van der Waals surface area contributed by atoms with Gasteiger partial charge in [0.05, 0.1) is 16.9 Å². The van der Waals surface area contributed by atoms with Crippen molar-refractivity contribution in [1.82, 2.24) is 9.71 Å². The monoisotopic (exact) mass is 406 g/mol. The fraction of sp³-hybridized carbons (Fsp3) is 0.222. The van der Waals surface area contributed by atoms with Gasteiger partial charge in [-0.15, -0.1) is 11.3 Å². The van der Waals surface area contributed by atoms with Gasteiger partial charge in [0, 0.05) is 5.38 Å². The molecule has 3 aromatic rings. The van der Waals surface area contributed by atoms with E-state index in [1.54, 1.807) is 35.9 Å². The van der Waals surface area contributed by atoms with Crippen LogP contribution >= 0.6 is 11.3 Å². The van der Waals surface area contributed by atoms with Crippen molar-refractivity contribution in [3.63, 3.8) is 0 Å². The molecule has 9 heteroatoms. The average Bonchev–Trinajstić information content (AvgIpc) is 3.31. The predicted octanol–water partition coefficient (Wildman–Crippen LogP) is 3.12. The van der Waals surface area contributed by atoms with Gasteiger partial charge in [-0.25, -0.2) is 13.4 Å². The molecule has 0 amide bonds. The highest BCUT2D eigenvalue weighted by Gasteiger charge is 2.23. The number of aryl methyl sites for hydroxylation is 1. The van der Waals surface area contributed by atoms with Gasteiger partial charge in [0.25, 0.3) is 0 Å². The number of carbonyl (C=O) groups excluding carboxylic acids is 1. The van der Waals surface area contributed by atoms with E-state index in [2.05, 4.69) is 9.71 Å². The predicted molar refractivity (Wildman–Crippen MR) is 101 cm³/mol. The van der Waals surface area contributed by atoms with Gasteiger partial charge in [-0.05, 0) is 38.1 Å². The zero-order valence-electron chi connectivity index (χ0n) is 14.7. The molecule has 0 saturated heterocycles. The second-order valence-corrected chi connectivity index (χ2v) is 8.46.